The van der Waals surface area contributed by atoms with Crippen molar-refractivity contribution in [2.75, 3.05) is 12.4 Å². The highest BCUT2D eigenvalue weighted by Gasteiger charge is 2.08. The summed E-state index contributed by atoms with van der Waals surface area (Å²) in [4.78, 5) is 8.11. The molecule has 0 atom stereocenters. The van der Waals surface area contributed by atoms with Crippen molar-refractivity contribution in [2.24, 2.45) is 0 Å². The van der Waals surface area contributed by atoms with Crippen molar-refractivity contribution in [3.63, 3.8) is 0 Å². The third-order valence-electron chi connectivity index (χ3n) is 2.04. The van der Waals surface area contributed by atoms with Crippen molar-refractivity contribution >= 4 is 37.8 Å². The van der Waals surface area contributed by atoms with E-state index >= 15 is 0 Å². The molecule has 1 aromatic heterocycles. The van der Waals surface area contributed by atoms with E-state index in [4.69, 9.17) is 4.74 Å². The minimum absolute atomic E-state index is 0.316. The lowest BCUT2D eigenvalue weighted by Gasteiger charge is -2.08. The minimum atomic E-state index is -0.397. The van der Waals surface area contributed by atoms with Gasteiger partial charge in [0.15, 0.2) is 0 Å². The van der Waals surface area contributed by atoms with Crippen molar-refractivity contribution in [1.29, 1.82) is 0 Å². The smallest absolute Gasteiger partial charge is 0.238 e. The summed E-state index contributed by atoms with van der Waals surface area (Å²) in [5.41, 5.74) is 0. The average Bonchev–Trinajstić information content (AvgIpc) is 2.36. The van der Waals surface area contributed by atoms with Crippen LogP contribution in [0.15, 0.2) is 33.3 Å². The third kappa shape index (κ3) is 2.97. The molecular formula is C11H8Br2FN3O. The normalized spacial score (nSPS) is 10.2. The number of ether oxygens (including phenoxy) is 1. The maximum Gasteiger partial charge on any atom is 0.238 e. The molecule has 0 unspecified atom stereocenters. The first-order valence-corrected chi connectivity index (χ1v) is 6.52. The molecule has 18 heavy (non-hydrogen) atoms. The number of rotatable bonds is 3. The molecule has 2 rings (SSSR count). The molecule has 0 aliphatic carbocycles. The Kier molecular flexibility index (Phi) is 4.13. The Balaban J connectivity index is 2.30. The first-order chi connectivity index (χ1) is 8.60. The van der Waals surface area contributed by atoms with E-state index in [-0.39, 0.29) is 0 Å². The Hall–Kier alpha value is -1.21. The molecule has 94 valence electrons. The standard InChI is InChI=1S/C11H8Br2FN3O/c1-15-11-16-5-8(13)10(17-11)18-6-2-3-7(12)9(14)4-6/h2-5H,1H3,(H,15,16,17). The van der Waals surface area contributed by atoms with Crippen molar-refractivity contribution < 1.29 is 9.13 Å². The van der Waals surface area contributed by atoms with Gasteiger partial charge in [0.25, 0.3) is 0 Å². The van der Waals surface area contributed by atoms with E-state index in [2.05, 4.69) is 47.1 Å². The number of aromatic nitrogens is 2. The lowest BCUT2D eigenvalue weighted by Crippen LogP contribution is -1.98. The average molecular weight is 377 g/mol. The topological polar surface area (TPSA) is 47.0 Å². The van der Waals surface area contributed by atoms with Gasteiger partial charge in [-0.25, -0.2) is 9.37 Å². The van der Waals surface area contributed by atoms with E-state index in [1.807, 2.05) is 0 Å². The van der Waals surface area contributed by atoms with E-state index in [1.165, 1.54) is 6.07 Å². The molecule has 7 heteroatoms. The Bertz CT molecular complexity index is 580. The van der Waals surface area contributed by atoms with Gasteiger partial charge in [-0.1, -0.05) is 0 Å². The predicted octanol–water partition coefficient (Wildman–Crippen LogP) is 3.97. The van der Waals surface area contributed by atoms with Gasteiger partial charge in [0, 0.05) is 13.1 Å². The lowest BCUT2D eigenvalue weighted by molar-refractivity contribution is 0.454. The van der Waals surface area contributed by atoms with E-state index in [0.29, 0.717) is 26.5 Å². The summed E-state index contributed by atoms with van der Waals surface area (Å²) in [6.45, 7) is 0. The number of benzene rings is 1. The molecule has 0 amide bonds. The van der Waals surface area contributed by atoms with Crippen LogP contribution >= 0.6 is 31.9 Å². The van der Waals surface area contributed by atoms with Gasteiger partial charge >= 0.3 is 0 Å². The molecule has 0 saturated carbocycles. The first-order valence-electron chi connectivity index (χ1n) is 4.93. The summed E-state index contributed by atoms with van der Waals surface area (Å²) >= 11 is 6.35. The molecule has 0 fully saturated rings. The van der Waals surface area contributed by atoms with Crippen molar-refractivity contribution in [3.05, 3.63) is 39.2 Å². The second-order valence-electron chi connectivity index (χ2n) is 3.27. The zero-order valence-corrected chi connectivity index (χ0v) is 12.4. The number of nitrogens with zero attached hydrogens (tertiary/aromatic N) is 2. The molecule has 0 spiro atoms. The van der Waals surface area contributed by atoms with Crippen LogP contribution in [-0.2, 0) is 0 Å². The fraction of sp³-hybridized carbons (Fsp3) is 0.0909. The number of hydrogen-bond acceptors (Lipinski definition) is 4. The highest BCUT2D eigenvalue weighted by molar-refractivity contribution is 9.10. The highest BCUT2D eigenvalue weighted by Crippen LogP contribution is 2.29. The fourth-order valence-electron chi connectivity index (χ4n) is 1.20. The third-order valence-corrected chi connectivity index (χ3v) is 3.23. The number of halogens is 3. The van der Waals surface area contributed by atoms with E-state index in [9.17, 15) is 4.39 Å². The van der Waals surface area contributed by atoms with Crippen LogP contribution in [0.25, 0.3) is 0 Å². The van der Waals surface area contributed by atoms with Gasteiger partial charge in [-0.3, -0.25) is 0 Å². The largest absolute Gasteiger partial charge is 0.438 e. The van der Waals surface area contributed by atoms with Crippen molar-refractivity contribution in [3.8, 4) is 11.6 Å². The summed E-state index contributed by atoms with van der Waals surface area (Å²) < 4.78 is 19.8. The summed E-state index contributed by atoms with van der Waals surface area (Å²) in [6.07, 6.45) is 1.56. The molecule has 0 aliphatic rings. The maximum absolute atomic E-state index is 13.3. The Morgan fingerprint density at radius 3 is 2.72 bits per heavy atom. The molecule has 2 aromatic rings. The van der Waals surface area contributed by atoms with Crippen LogP contribution in [0.1, 0.15) is 0 Å². The Morgan fingerprint density at radius 1 is 1.28 bits per heavy atom. The van der Waals surface area contributed by atoms with Crippen LogP contribution in [0.3, 0.4) is 0 Å². The summed E-state index contributed by atoms with van der Waals surface area (Å²) in [6, 6.07) is 4.48. The van der Waals surface area contributed by atoms with Crippen LogP contribution in [0.2, 0.25) is 0 Å². The zero-order valence-electron chi connectivity index (χ0n) is 9.25. The fourth-order valence-corrected chi connectivity index (χ4v) is 1.71. The van der Waals surface area contributed by atoms with Crippen molar-refractivity contribution in [1.82, 2.24) is 9.97 Å². The maximum atomic E-state index is 13.3. The first kappa shape index (κ1) is 13.2. The molecular weight excluding hydrogens is 369 g/mol. The highest BCUT2D eigenvalue weighted by atomic mass is 79.9. The second-order valence-corrected chi connectivity index (χ2v) is 4.98. The Morgan fingerprint density at radius 2 is 2.06 bits per heavy atom. The molecule has 1 heterocycles. The van der Waals surface area contributed by atoms with Gasteiger partial charge in [0.05, 0.1) is 15.1 Å². The monoisotopic (exact) mass is 375 g/mol. The van der Waals surface area contributed by atoms with Crippen LogP contribution in [0.5, 0.6) is 11.6 Å². The molecule has 0 aliphatic heterocycles. The lowest BCUT2D eigenvalue weighted by atomic mass is 10.3. The number of anilines is 1. The van der Waals surface area contributed by atoms with Crippen molar-refractivity contribution in [2.45, 2.75) is 0 Å². The van der Waals surface area contributed by atoms with Gasteiger partial charge in [0.2, 0.25) is 11.8 Å². The van der Waals surface area contributed by atoms with E-state index < -0.39 is 5.82 Å². The number of hydrogen-bond donors (Lipinski definition) is 1. The molecule has 0 saturated heterocycles. The van der Waals surface area contributed by atoms with Crippen LogP contribution in [-0.4, -0.2) is 17.0 Å². The van der Waals surface area contributed by atoms with Gasteiger partial charge in [-0.2, -0.15) is 4.98 Å². The molecule has 0 bridgehead atoms. The molecule has 1 aromatic carbocycles. The summed E-state index contributed by atoms with van der Waals surface area (Å²) in [5.74, 6) is 0.700. The quantitative estimate of drug-likeness (QED) is 0.880. The van der Waals surface area contributed by atoms with Gasteiger partial charge in [-0.05, 0) is 44.0 Å². The van der Waals surface area contributed by atoms with E-state index in [0.717, 1.165) is 0 Å². The van der Waals surface area contributed by atoms with Gasteiger partial charge < -0.3 is 10.1 Å². The molecule has 4 nitrogen and oxygen atoms in total. The minimum Gasteiger partial charge on any atom is -0.438 e. The van der Waals surface area contributed by atoms with Gasteiger partial charge in [-0.15, -0.1) is 0 Å². The molecule has 0 radical (unpaired) electrons. The Labute approximate surface area is 120 Å². The second kappa shape index (κ2) is 5.62. The predicted molar refractivity (Wildman–Crippen MR) is 73.5 cm³/mol. The summed E-state index contributed by atoms with van der Waals surface area (Å²) in [7, 11) is 1.70. The van der Waals surface area contributed by atoms with E-state index in [1.54, 1.807) is 25.4 Å². The molecule has 1 N–H and O–H groups in total. The summed E-state index contributed by atoms with van der Waals surface area (Å²) in [5, 5.41) is 2.80. The SMILES string of the molecule is CNc1ncc(Br)c(Oc2ccc(Br)c(F)c2)n1. The number of nitrogens with one attached hydrogen (secondary N) is 1. The van der Waals surface area contributed by atoms with Crippen LogP contribution in [0, 0.1) is 5.82 Å². The van der Waals surface area contributed by atoms with Crippen LogP contribution in [0.4, 0.5) is 10.3 Å². The van der Waals surface area contributed by atoms with Crippen LogP contribution < -0.4 is 10.1 Å². The zero-order chi connectivity index (χ0) is 13.1. The van der Waals surface area contributed by atoms with Gasteiger partial charge in [0.1, 0.15) is 11.6 Å².